The molecule has 1 saturated carbocycles. The molecule has 0 spiro atoms. The highest BCUT2D eigenvalue weighted by Crippen LogP contribution is 2.48. The average molecular weight is 240 g/mol. The van der Waals surface area contributed by atoms with E-state index >= 15 is 0 Å². The van der Waals surface area contributed by atoms with Crippen molar-refractivity contribution in [3.8, 4) is 0 Å². The van der Waals surface area contributed by atoms with Crippen molar-refractivity contribution in [1.29, 1.82) is 0 Å². The van der Waals surface area contributed by atoms with Crippen molar-refractivity contribution < 1.29 is 22.7 Å². The number of carbonyl (C=O) groups is 1. The number of ether oxygens (including phenoxy) is 1. The lowest BCUT2D eigenvalue weighted by molar-refractivity contribution is -0.170. The summed E-state index contributed by atoms with van der Waals surface area (Å²) < 4.78 is 42.3. The van der Waals surface area contributed by atoms with Gasteiger partial charge in [0.2, 0.25) is 5.91 Å². The molecule has 0 heterocycles. The van der Waals surface area contributed by atoms with Crippen LogP contribution in [0.2, 0.25) is 0 Å². The monoisotopic (exact) mass is 240 g/mol. The second kappa shape index (κ2) is 4.58. The highest BCUT2D eigenvalue weighted by Gasteiger charge is 2.64. The van der Waals surface area contributed by atoms with Gasteiger partial charge in [-0.05, 0) is 12.8 Å². The van der Waals surface area contributed by atoms with Crippen LogP contribution < -0.4 is 11.1 Å². The van der Waals surface area contributed by atoms with Crippen molar-refractivity contribution in [3.63, 3.8) is 0 Å². The summed E-state index contributed by atoms with van der Waals surface area (Å²) in [5.41, 5.74) is 3.27. The Morgan fingerprint density at radius 3 is 2.44 bits per heavy atom. The first kappa shape index (κ1) is 13.2. The minimum atomic E-state index is -4.38. The van der Waals surface area contributed by atoms with Crippen molar-refractivity contribution in [1.82, 2.24) is 5.32 Å². The molecule has 1 aliphatic rings. The van der Waals surface area contributed by atoms with Crippen LogP contribution in [-0.4, -0.2) is 37.4 Å². The molecule has 16 heavy (non-hydrogen) atoms. The van der Waals surface area contributed by atoms with Gasteiger partial charge in [0, 0.05) is 13.7 Å². The van der Waals surface area contributed by atoms with Crippen LogP contribution in [0.25, 0.3) is 0 Å². The molecule has 4 nitrogen and oxygen atoms in total. The van der Waals surface area contributed by atoms with Gasteiger partial charge in [0.1, 0.15) is 5.54 Å². The van der Waals surface area contributed by atoms with Gasteiger partial charge in [0.25, 0.3) is 0 Å². The minimum Gasteiger partial charge on any atom is -0.380 e. The number of hydrogen-bond donors (Lipinski definition) is 2. The molecule has 0 radical (unpaired) electrons. The van der Waals surface area contributed by atoms with Gasteiger partial charge in [-0.15, -0.1) is 0 Å². The summed E-state index contributed by atoms with van der Waals surface area (Å²) in [4.78, 5) is 11.3. The summed E-state index contributed by atoms with van der Waals surface area (Å²) in [6, 6.07) is 0. The summed E-state index contributed by atoms with van der Waals surface area (Å²) in [5, 5.41) is 2.01. The van der Waals surface area contributed by atoms with Crippen LogP contribution >= 0.6 is 0 Å². The number of nitrogens with two attached hydrogens (primary N) is 1. The van der Waals surface area contributed by atoms with Crippen molar-refractivity contribution >= 4 is 5.91 Å². The first-order chi connectivity index (χ1) is 7.34. The van der Waals surface area contributed by atoms with E-state index < -0.39 is 23.7 Å². The lowest BCUT2D eigenvalue weighted by atomic mass is 10.2. The molecule has 1 rings (SSSR count). The molecule has 1 aliphatic carbocycles. The van der Waals surface area contributed by atoms with E-state index in [9.17, 15) is 18.0 Å². The van der Waals surface area contributed by atoms with Crippen molar-refractivity contribution in [2.24, 2.45) is 5.73 Å². The number of methoxy groups -OCH3 is 1. The van der Waals surface area contributed by atoms with E-state index in [-0.39, 0.29) is 25.8 Å². The Hall–Kier alpha value is -0.820. The largest absolute Gasteiger partial charge is 0.411 e. The Labute approximate surface area is 91.3 Å². The zero-order valence-corrected chi connectivity index (χ0v) is 8.93. The lowest BCUT2D eigenvalue weighted by Gasteiger charge is -2.22. The second-order valence-electron chi connectivity index (χ2n) is 3.93. The number of hydrogen-bond acceptors (Lipinski definition) is 3. The Kier molecular flexibility index (Phi) is 3.80. The first-order valence-corrected chi connectivity index (χ1v) is 4.95. The predicted octanol–water partition coefficient (Wildman–Crippen LogP) is 0.561. The summed E-state index contributed by atoms with van der Waals surface area (Å²) in [6.07, 6.45) is -5.17. The molecule has 94 valence electrons. The van der Waals surface area contributed by atoms with Crippen molar-refractivity contribution in [2.75, 3.05) is 13.7 Å². The normalized spacial score (nSPS) is 20.3. The van der Waals surface area contributed by atoms with Gasteiger partial charge in [0.05, 0.1) is 12.5 Å². The lowest BCUT2D eigenvalue weighted by Crippen LogP contribution is -2.49. The summed E-state index contributed by atoms with van der Waals surface area (Å²) in [7, 11) is 1.36. The Morgan fingerprint density at radius 2 is 2.12 bits per heavy atom. The van der Waals surface area contributed by atoms with Crippen molar-refractivity contribution in [2.45, 2.75) is 37.1 Å². The molecule has 0 bridgehead atoms. The smallest absolute Gasteiger partial charge is 0.380 e. The topological polar surface area (TPSA) is 64.3 Å². The zero-order valence-electron chi connectivity index (χ0n) is 8.93. The molecule has 0 saturated heterocycles. The predicted molar refractivity (Wildman–Crippen MR) is 50.6 cm³/mol. The quantitative estimate of drug-likeness (QED) is 0.738. The third-order valence-corrected chi connectivity index (χ3v) is 2.68. The van der Waals surface area contributed by atoms with E-state index in [0.29, 0.717) is 0 Å². The van der Waals surface area contributed by atoms with E-state index in [1.807, 2.05) is 5.32 Å². The molecule has 1 amide bonds. The van der Waals surface area contributed by atoms with Crippen LogP contribution in [0.3, 0.4) is 0 Å². The third-order valence-electron chi connectivity index (χ3n) is 2.68. The number of amides is 1. The molecule has 1 unspecified atom stereocenters. The van der Waals surface area contributed by atoms with Crippen LogP contribution in [0.15, 0.2) is 0 Å². The molecule has 7 heteroatoms. The summed E-state index contributed by atoms with van der Waals surface area (Å²) in [6.45, 7) is 0.100. The average Bonchev–Trinajstić information content (AvgIpc) is 2.94. The molecule has 3 N–H and O–H groups in total. The van der Waals surface area contributed by atoms with E-state index in [4.69, 9.17) is 10.5 Å². The fourth-order valence-electron chi connectivity index (χ4n) is 1.39. The van der Waals surface area contributed by atoms with Crippen LogP contribution in [0.5, 0.6) is 0 Å². The Balaban J connectivity index is 2.46. The van der Waals surface area contributed by atoms with Gasteiger partial charge >= 0.3 is 6.18 Å². The molecular weight excluding hydrogens is 225 g/mol. The van der Waals surface area contributed by atoms with E-state index in [0.717, 1.165) is 0 Å². The molecule has 1 fully saturated rings. The van der Waals surface area contributed by atoms with E-state index in [1.54, 1.807) is 0 Å². The maximum atomic E-state index is 12.5. The summed E-state index contributed by atoms with van der Waals surface area (Å²) >= 11 is 0. The number of carbonyl (C=O) groups excluding carboxylic acids is 1. The number of nitrogens with one attached hydrogen (secondary N) is 1. The van der Waals surface area contributed by atoms with Gasteiger partial charge in [-0.25, -0.2) is 0 Å². The fraction of sp³-hybridized carbons (Fsp3) is 0.889. The summed E-state index contributed by atoms with van der Waals surface area (Å²) in [5.74, 6) is -0.674. The van der Waals surface area contributed by atoms with Crippen molar-refractivity contribution in [3.05, 3.63) is 0 Å². The van der Waals surface area contributed by atoms with Gasteiger partial charge in [-0.2, -0.15) is 13.2 Å². The molecule has 0 aromatic carbocycles. The maximum absolute atomic E-state index is 12.5. The highest BCUT2D eigenvalue weighted by atomic mass is 19.4. The third kappa shape index (κ3) is 2.85. The molecule has 0 aromatic heterocycles. The van der Waals surface area contributed by atoms with E-state index in [2.05, 4.69) is 0 Å². The fourth-order valence-corrected chi connectivity index (χ4v) is 1.39. The highest BCUT2D eigenvalue weighted by molar-refractivity contribution is 5.78. The standard InChI is InChI=1S/C9H15F3N2O2/c1-16-6(5-13)4-7(15)14-8(2-3-8)9(10,11)12/h6H,2-5,13H2,1H3,(H,14,15). The van der Waals surface area contributed by atoms with Crippen LogP contribution in [0, 0.1) is 0 Å². The number of alkyl halides is 3. The number of halogens is 3. The Bertz CT molecular complexity index is 260. The van der Waals surface area contributed by atoms with E-state index in [1.165, 1.54) is 7.11 Å². The van der Waals surface area contributed by atoms with Gasteiger partial charge in [-0.3, -0.25) is 4.79 Å². The SMILES string of the molecule is COC(CN)CC(=O)NC1(C(F)(F)F)CC1. The zero-order chi connectivity index (χ0) is 12.4. The second-order valence-corrected chi connectivity index (χ2v) is 3.93. The van der Waals surface area contributed by atoms with Gasteiger partial charge in [-0.1, -0.05) is 0 Å². The van der Waals surface area contributed by atoms with Crippen LogP contribution in [0.1, 0.15) is 19.3 Å². The minimum absolute atomic E-state index is 0.0531. The molecule has 0 aliphatic heterocycles. The van der Waals surface area contributed by atoms with Crippen LogP contribution in [-0.2, 0) is 9.53 Å². The molecular formula is C9H15F3N2O2. The Morgan fingerprint density at radius 1 is 1.56 bits per heavy atom. The van der Waals surface area contributed by atoms with Gasteiger partial charge < -0.3 is 15.8 Å². The van der Waals surface area contributed by atoms with Crippen LogP contribution in [0.4, 0.5) is 13.2 Å². The molecule has 0 aromatic rings. The number of rotatable bonds is 5. The first-order valence-electron chi connectivity index (χ1n) is 4.95. The molecule has 1 atom stereocenters. The maximum Gasteiger partial charge on any atom is 0.411 e. The van der Waals surface area contributed by atoms with Gasteiger partial charge in [0.15, 0.2) is 0 Å².